The number of aliphatic imine (C=N–C) groups is 1. The van der Waals surface area contributed by atoms with Crippen LogP contribution in [0.5, 0.6) is 0 Å². The number of hydrogen-bond donors (Lipinski definition) is 2. The summed E-state index contributed by atoms with van der Waals surface area (Å²) in [4.78, 5) is 21.3. The molecule has 6 nitrogen and oxygen atoms in total. The molecule has 0 bridgehead atoms. The Bertz CT molecular complexity index is 1050. The number of amides is 1. The van der Waals surface area contributed by atoms with Crippen LogP contribution >= 0.6 is 0 Å². The van der Waals surface area contributed by atoms with Crippen LogP contribution in [0.15, 0.2) is 53.5 Å². The first kappa shape index (κ1) is 23.2. The molecular weight excluding hydrogens is 417 g/mol. The van der Waals surface area contributed by atoms with Crippen molar-refractivity contribution in [2.75, 3.05) is 25.5 Å². The number of halogens is 1. The van der Waals surface area contributed by atoms with E-state index in [2.05, 4.69) is 39.5 Å². The third-order valence-corrected chi connectivity index (χ3v) is 7.44. The van der Waals surface area contributed by atoms with Gasteiger partial charge in [-0.15, -0.1) is 0 Å². The largest absolute Gasteiger partial charge is 0.382 e. The van der Waals surface area contributed by atoms with Crippen LogP contribution < -0.4 is 11.1 Å². The predicted octanol–water partition coefficient (Wildman–Crippen LogP) is 3.93. The quantitative estimate of drug-likeness (QED) is 0.722. The number of rotatable bonds is 5. The van der Waals surface area contributed by atoms with E-state index in [-0.39, 0.29) is 17.7 Å². The van der Waals surface area contributed by atoms with Gasteiger partial charge in [0.1, 0.15) is 11.4 Å². The van der Waals surface area contributed by atoms with Crippen LogP contribution in [0.1, 0.15) is 44.7 Å². The molecule has 0 saturated carbocycles. The topological polar surface area (TPSA) is 74.0 Å². The van der Waals surface area contributed by atoms with E-state index in [0.717, 1.165) is 38.2 Å². The summed E-state index contributed by atoms with van der Waals surface area (Å²) in [5.74, 6) is -0.464. The lowest BCUT2D eigenvalue weighted by Crippen LogP contribution is -2.58. The summed E-state index contributed by atoms with van der Waals surface area (Å²) in [5, 5.41) is 3.58. The van der Waals surface area contributed by atoms with Crippen molar-refractivity contribution in [1.82, 2.24) is 9.80 Å². The number of likely N-dealkylation sites (tertiary alicyclic amines) is 1. The SMILES string of the molecule is CN1C(=O)C(C)(C)C(C)(c2cc(NC3CCN(Cc4ccccc4)CC3)ccc2F)N=C1N. The van der Waals surface area contributed by atoms with Gasteiger partial charge < -0.3 is 11.1 Å². The average Bonchev–Trinajstić information content (AvgIpc) is 2.80. The summed E-state index contributed by atoms with van der Waals surface area (Å²) in [6, 6.07) is 15.8. The summed E-state index contributed by atoms with van der Waals surface area (Å²) in [6.07, 6.45) is 2.02. The Hall–Kier alpha value is -2.93. The first-order chi connectivity index (χ1) is 15.6. The van der Waals surface area contributed by atoms with Crippen LogP contribution in [-0.4, -0.2) is 47.8 Å². The van der Waals surface area contributed by atoms with Crippen molar-refractivity contribution in [3.8, 4) is 0 Å². The standard InChI is InChI=1S/C26H34FN5O/c1-25(2)23(33)31(4)24(28)30-26(25,3)21-16-20(10-11-22(21)27)29-19-12-14-32(15-13-19)17-18-8-6-5-7-9-18/h5-11,16,19,29H,12-15,17H2,1-4H3,(H2,28,30). The van der Waals surface area contributed by atoms with Gasteiger partial charge in [-0.25, -0.2) is 9.38 Å². The van der Waals surface area contributed by atoms with Gasteiger partial charge in [-0.05, 0) is 57.4 Å². The number of piperidine rings is 1. The molecule has 2 heterocycles. The van der Waals surface area contributed by atoms with Crippen molar-refractivity contribution in [3.05, 3.63) is 65.5 Å². The van der Waals surface area contributed by atoms with Gasteiger partial charge in [-0.2, -0.15) is 0 Å². The number of hydrogen-bond acceptors (Lipinski definition) is 5. The zero-order valence-electron chi connectivity index (χ0n) is 19.9. The fourth-order valence-corrected chi connectivity index (χ4v) is 4.87. The Kier molecular flexibility index (Phi) is 6.18. The zero-order chi connectivity index (χ0) is 23.8. The van der Waals surface area contributed by atoms with Crippen LogP contribution in [0.4, 0.5) is 10.1 Å². The third kappa shape index (κ3) is 4.34. The van der Waals surface area contributed by atoms with Gasteiger partial charge in [-0.3, -0.25) is 14.6 Å². The highest BCUT2D eigenvalue weighted by atomic mass is 19.1. The molecule has 1 amide bonds. The van der Waals surface area contributed by atoms with Crippen LogP contribution in [0.2, 0.25) is 0 Å². The van der Waals surface area contributed by atoms with Crippen molar-refractivity contribution in [3.63, 3.8) is 0 Å². The van der Waals surface area contributed by atoms with E-state index in [1.54, 1.807) is 40.0 Å². The number of nitrogens with zero attached hydrogens (tertiary/aromatic N) is 3. The molecule has 1 fully saturated rings. The van der Waals surface area contributed by atoms with Crippen molar-refractivity contribution >= 4 is 17.6 Å². The van der Waals surface area contributed by atoms with Crippen LogP contribution in [0, 0.1) is 11.2 Å². The molecule has 2 aromatic carbocycles. The second-order valence-corrected chi connectivity index (χ2v) is 9.91. The molecule has 33 heavy (non-hydrogen) atoms. The molecule has 0 spiro atoms. The summed E-state index contributed by atoms with van der Waals surface area (Å²) in [7, 11) is 1.60. The Balaban J connectivity index is 1.49. The Morgan fingerprint density at radius 2 is 1.79 bits per heavy atom. The van der Waals surface area contributed by atoms with Gasteiger partial charge in [0, 0.05) is 44.0 Å². The van der Waals surface area contributed by atoms with Crippen molar-refractivity contribution < 1.29 is 9.18 Å². The third-order valence-electron chi connectivity index (χ3n) is 7.44. The molecule has 0 aromatic heterocycles. The maximum atomic E-state index is 15.1. The molecule has 2 aliphatic rings. The van der Waals surface area contributed by atoms with Crippen molar-refractivity contribution in [2.45, 2.75) is 51.7 Å². The molecule has 0 radical (unpaired) electrons. The summed E-state index contributed by atoms with van der Waals surface area (Å²) in [6.45, 7) is 8.35. The van der Waals surface area contributed by atoms with Crippen LogP contribution in [0.25, 0.3) is 0 Å². The van der Waals surface area contributed by atoms with E-state index in [9.17, 15) is 4.79 Å². The molecule has 176 valence electrons. The molecule has 2 aromatic rings. The minimum Gasteiger partial charge on any atom is -0.382 e. The fourth-order valence-electron chi connectivity index (χ4n) is 4.87. The molecule has 1 unspecified atom stereocenters. The Labute approximate surface area is 195 Å². The monoisotopic (exact) mass is 451 g/mol. The highest BCUT2D eigenvalue weighted by molar-refractivity contribution is 6.01. The predicted molar refractivity (Wildman–Crippen MR) is 130 cm³/mol. The molecule has 7 heteroatoms. The van der Waals surface area contributed by atoms with E-state index in [1.807, 2.05) is 6.07 Å². The van der Waals surface area contributed by atoms with Gasteiger partial charge in [0.2, 0.25) is 5.91 Å². The number of guanidine groups is 1. The van der Waals surface area contributed by atoms with E-state index < -0.39 is 11.0 Å². The number of anilines is 1. The molecular formula is C26H34FN5O. The van der Waals surface area contributed by atoms with E-state index in [0.29, 0.717) is 11.6 Å². The zero-order valence-corrected chi connectivity index (χ0v) is 19.9. The van der Waals surface area contributed by atoms with Crippen LogP contribution in [-0.2, 0) is 16.9 Å². The summed E-state index contributed by atoms with van der Waals surface area (Å²) in [5.41, 5.74) is 6.50. The second kappa shape index (κ2) is 8.78. The van der Waals surface area contributed by atoms with Crippen LogP contribution in [0.3, 0.4) is 0 Å². The first-order valence-electron chi connectivity index (χ1n) is 11.6. The highest BCUT2D eigenvalue weighted by Gasteiger charge is 2.53. The van der Waals surface area contributed by atoms with Gasteiger partial charge in [-0.1, -0.05) is 30.3 Å². The fraction of sp³-hybridized carbons (Fsp3) is 0.462. The van der Waals surface area contributed by atoms with Gasteiger partial charge in [0.25, 0.3) is 0 Å². The number of carbonyl (C=O) groups is 1. The van der Waals surface area contributed by atoms with Gasteiger partial charge >= 0.3 is 0 Å². The summed E-state index contributed by atoms with van der Waals surface area (Å²) >= 11 is 0. The number of benzene rings is 2. The first-order valence-corrected chi connectivity index (χ1v) is 11.6. The average molecular weight is 452 g/mol. The smallest absolute Gasteiger partial charge is 0.237 e. The Morgan fingerprint density at radius 3 is 2.45 bits per heavy atom. The minimum absolute atomic E-state index is 0.102. The molecule has 0 aliphatic carbocycles. The molecule has 1 saturated heterocycles. The normalized spacial score (nSPS) is 24.0. The van der Waals surface area contributed by atoms with Crippen molar-refractivity contribution in [2.24, 2.45) is 16.1 Å². The maximum absolute atomic E-state index is 15.1. The van der Waals surface area contributed by atoms with Gasteiger partial charge in [0.05, 0.1) is 5.41 Å². The number of nitrogens with two attached hydrogens (primary N) is 1. The van der Waals surface area contributed by atoms with Crippen molar-refractivity contribution in [1.29, 1.82) is 0 Å². The van der Waals surface area contributed by atoms with E-state index >= 15 is 4.39 Å². The summed E-state index contributed by atoms with van der Waals surface area (Å²) < 4.78 is 15.1. The molecule has 2 aliphatic heterocycles. The lowest BCUT2D eigenvalue weighted by Gasteiger charge is -2.46. The lowest BCUT2D eigenvalue weighted by molar-refractivity contribution is -0.140. The van der Waals surface area contributed by atoms with E-state index in [1.165, 1.54) is 16.5 Å². The lowest BCUT2D eigenvalue weighted by atomic mass is 9.67. The maximum Gasteiger partial charge on any atom is 0.237 e. The van der Waals surface area contributed by atoms with E-state index in [4.69, 9.17) is 5.73 Å². The number of nitrogens with one attached hydrogen (secondary N) is 1. The molecule has 4 rings (SSSR count). The number of carbonyl (C=O) groups excluding carboxylic acids is 1. The highest BCUT2D eigenvalue weighted by Crippen LogP contribution is 2.47. The molecule has 3 N–H and O–H groups in total. The minimum atomic E-state index is -1.11. The molecule has 1 atom stereocenters. The Morgan fingerprint density at radius 1 is 1.12 bits per heavy atom. The van der Waals surface area contributed by atoms with Gasteiger partial charge in [0.15, 0.2) is 5.96 Å². The second-order valence-electron chi connectivity index (χ2n) is 9.91.